The molecule has 0 saturated heterocycles. The fourth-order valence-electron chi connectivity index (χ4n) is 4.56. The topological polar surface area (TPSA) is 178 Å². The predicted molar refractivity (Wildman–Crippen MR) is 158 cm³/mol. The summed E-state index contributed by atoms with van der Waals surface area (Å²) in [7, 11) is 1.25. The van der Waals surface area contributed by atoms with Crippen LogP contribution in [0.1, 0.15) is 43.6 Å². The molecule has 0 saturated carbocycles. The molecule has 4 aromatic rings. The first-order valence-electron chi connectivity index (χ1n) is 13.3. The van der Waals surface area contributed by atoms with Crippen LogP contribution in [0.2, 0.25) is 5.02 Å². The monoisotopic (exact) mass is 605 g/mol. The van der Waals surface area contributed by atoms with Crippen molar-refractivity contribution in [2.24, 2.45) is 0 Å². The highest BCUT2D eigenvalue weighted by molar-refractivity contribution is 6.30. The number of carbonyl (C=O) groups is 3. The predicted octanol–water partition coefficient (Wildman–Crippen LogP) is 4.88. The van der Waals surface area contributed by atoms with Gasteiger partial charge in [-0.3, -0.25) is 15.4 Å². The number of aromatic nitrogens is 6. The van der Waals surface area contributed by atoms with E-state index in [1.165, 1.54) is 24.2 Å². The van der Waals surface area contributed by atoms with Gasteiger partial charge >= 0.3 is 12.2 Å². The summed E-state index contributed by atoms with van der Waals surface area (Å²) in [6.07, 6.45) is 6.20. The fourth-order valence-corrected chi connectivity index (χ4v) is 4.74. The summed E-state index contributed by atoms with van der Waals surface area (Å²) in [4.78, 5) is 45.4. The second-order valence-corrected chi connectivity index (χ2v) is 10.1. The summed E-state index contributed by atoms with van der Waals surface area (Å²) >= 11 is 6.20. The minimum Gasteiger partial charge on any atom is -0.453 e. The molecule has 2 atom stereocenters. The molecular formula is C28H28ClN9O5. The Bertz CT molecular complexity index is 1650. The Morgan fingerprint density at radius 1 is 1.21 bits per heavy atom. The molecule has 2 bridgehead atoms. The van der Waals surface area contributed by atoms with Crippen LogP contribution in [0.3, 0.4) is 0 Å². The van der Waals surface area contributed by atoms with Crippen LogP contribution in [0, 0.1) is 0 Å². The molecule has 43 heavy (non-hydrogen) atoms. The van der Waals surface area contributed by atoms with Crippen LogP contribution in [0.5, 0.6) is 0 Å². The van der Waals surface area contributed by atoms with E-state index in [9.17, 15) is 14.4 Å². The van der Waals surface area contributed by atoms with Gasteiger partial charge in [0.05, 0.1) is 30.2 Å². The molecule has 14 nitrogen and oxygen atoms in total. The Morgan fingerprint density at radius 2 is 2.07 bits per heavy atom. The van der Waals surface area contributed by atoms with E-state index >= 15 is 0 Å². The lowest BCUT2D eigenvalue weighted by Crippen LogP contribution is -2.28. The molecule has 222 valence electrons. The molecule has 1 aliphatic heterocycles. The van der Waals surface area contributed by atoms with Crippen LogP contribution in [0.15, 0.2) is 55.0 Å². The molecule has 0 spiro atoms. The number of fused-ring (bicyclic) bond motifs is 4. The molecule has 5 rings (SSSR count). The van der Waals surface area contributed by atoms with E-state index in [4.69, 9.17) is 21.3 Å². The summed E-state index contributed by atoms with van der Waals surface area (Å²) in [5.74, 6) is 0.186. The van der Waals surface area contributed by atoms with Crippen molar-refractivity contribution in [3.63, 3.8) is 0 Å². The number of hydrogen-bond donors (Lipinski definition) is 4. The van der Waals surface area contributed by atoms with Crippen molar-refractivity contribution in [2.45, 2.75) is 38.3 Å². The number of amides is 3. The standard InChI is InChI=1S/C28H28ClN9O5/c1-16-4-3-5-21(33-25(39)11-6-17-12-18(29)7-10-24(17)38-15-31-36-37-38)26-30-14-23(34-26)20-9-8-19(32-27(40)42-2)13-22(20)35-28(41)43-16/h6-16,21H,3-5H2,1-2H3,(H,30,34)(H,32,40)(H,33,39)(H,35,41)/b11-6+/t16?,21-/m0/s1. The average Bonchev–Trinajstić information content (AvgIpc) is 3.68. The third-order valence-electron chi connectivity index (χ3n) is 6.62. The third kappa shape index (κ3) is 7.35. The number of hydrogen-bond acceptors (Lipinski definition) is 9. The van der Waals surface area contributed by atoms with Gasteiger partial charge < -0.3 is 19.8 Å². The van der Waals surface area contributed by atoms with Crippen molar-refractivity contribution in [1.29, 1.82) is 0 Å². The van der Waals surface area contributed by atoms with E-state index in [1.54, 1.807) is 55.6 Å². The largest absolute Gasteiger partial charge is 0.453 e. The molecule has 0 radical (unpaired) electrons. The molecule has 2 aromatic heterocycles. The van der Waals surface area contributed by atoms with Gasteiger partial charge in [-0.15, -0.1) is 5.10 Å². The number of tetrazole rings is 1. The Kier molecular flexibility index (Phi) is 8.96. The lowest BCUT2D eigenvalue weighted by Gasteiger charge is -2.18. The number of halogens is 1. The third-order valence-corrected chi connectivity index (χ3v) is 6.85. The molecule has 3 heterocycles. The molecule has 0 fully saturated rings. The minimum absolute atomic E-state index is 0.352. The molecular weight excluding hydrogens is 578 g/mol. The van der Waals surface area contributed by atoms with E-state index in [1.807, 2.05) is 0 Å². The maximum Gasteiger partial charge on any atom is 0.411 e. The normalized spacial score (nSPS) is 17.0. The summed E-state index contributed by atoms with van der Waals surface area (Å²) in [6.45, 7) is 1.79. The molecule has 4 N–H and O–H groups in total. The molecule has 3 amide bonds. The fraction of sp³-hybridized carbons (Fsp3) is 0.250. The minimum atomic E-state index is -0.655. The second-order valence-electron chi connectivity index (χ2n) is 9.67. The number of rotatable bonds is 5. The number of aromatic amines is 1. The molecule has 15 heteroatoms. The van der Waals surface area contributed by atoms with Gasteiger partial charge in [0, 0.05) is 34.1 Å². The summed E-state index contributed by atoms with van der Waals surface area (Å²) in [5.41, 5.74) is 3.15. The number of cyclic esters (lactones) is 1. The lowest BCUT2D eigenvalue weighted by atomic mass is 10.1. The summed E-state index contributed by atoms with van der Waals surface area (Å²) in [5, 5.41) is 20.1. The van der Waals surface area contributed by atoms with Crippen LogP contribution in [0.4, 0.5) is 21.0 Å². The van der Waals surface area contributed by atoms with Crippen molar-refractivity contribution < 1.29 is 23.9 Å². The zero-order chi connectivity index (χ0) is 30.3. The van der Waals surface area contributed by atoms with E-state index in [-0.39, 0.29) is 5.91 Å². The SMILES string of the molecule is COC(=O)Nc1ccc2c(c1)NC(=O)OC(C)CCC[C@H](NC(=O)/C=C/c1cc(Cl)ccc1-n1cnnn1)c1nc-2c[nH]1. The maximum absolute atomic E-state index is 13.1. The van der Waals surface area contributed by atoms with Gasteiger partial charge in [0.1, 0.15) is 18.3 Å². The smallest absolute Gasteiger partial charge is 0.411 e. The summed E-state index contributed by atoms with van der Waals surface area (Å²) < 4.78 is 11.7. The Morgan fingerprint density at radius 3 is 2.86 bits per heavy atom. The molecule has 0 aliphatic carbocycles. The number of benzene rings is 2. The number of nitrogens with one attached hydrogen (secondary N) is 4. The quantitative estimate of drug-likeness (QED) is 0.231. The van der Waals surface area contributed by atoms with Crippen LogP contribution in [-0.2, 0) is 14.3 Å². The number of imidazole rings is 1. The first-order chi connectivity index (χ1) is 20.8. The van der Waals surface area contributed by atoms with Crippen molar-refractivity contribution in [3.8, 4) is 16.9 Å². The Balaban J connectivity index is 1.41. The van der Waals surface area contributed by atoms with Crippen molar-refractivity contribution in [2.75, 3.05) is 17.7 Å². The van der Waals surface area contributed by atoms with Crippen molar-refractivity contribution in [3.05, 3.63) is 71.4 Å². The van der Waals surface area contributed by atoms with E-state index in [0.717, 1.165) is 0 Å². The summed E-state index contributed by atoms with van der Waals surface area (Å²) in [6, 6.07) is 9.64. The number of carbonyl (C=O) groups excluding carboxylic acids is 3. The van der Waals surface area contributed by atoms with Gasteiger partial charge in [0.15, 0.2) is 0 Å². The van der Waals surface area contributed by atoms with Gasteiger partial charge in [-0.25, -0.2) is 14.6 Å². The van der Waals surface area contributed by atoms with Crippen LogP contribution >= 0.6 is 11.6 Å². The van der Waals surface area contributed by atoms with Gasteiger partial charge in [0.25, 0.3) is 0 Å². The number of H-pyrrole nitrogens is 1. The van der Waals surface area contributed by atoms with Crippen LogP contribution < -0.4 is 16.0 Å². The highest BCUT2D eigenvalue weighted by atomic mass is 35.5. The van der Waals surface area contributed by atoms with Gasteiger partial charge in [0.2, 0.25) is 5.91 Å². The van der Waals surface area contributed by atoms with E-state index in [2.05, 4.69) is 41.2 Å². The molecule has 1 unspecified atom stereocenters. The first kappa shape index (κ1) is 29.3. The average molecular weight is 606 g/mol. The number of methoxy groups -OCH3 is 1. The second kappa shape index (κ2) is 13.2. The van der Waals surface area contributed by atoms with E-state index in [0.29, 0.717) is 64.0 Å². The highest BCUT2D eigenvalue weighted by Crippen LogP contribution is 2.32. The lowest BCUT2D eigenvalue weighted by molar-refractivity contribution is -0.117. The maximum atomic E-state index is 13.1. The Hall–Kier alpha value is -5.24. The Labute approximate surface area is 250 Å². The van der Waals surface area contributed by atoms with Crippen molar-refractivity contribution in [1.82, 2.24) is 35.5 Å². The van der Waals surface area contributed by atoms with Gasteiger partial charge in [-0.05, 0) is 79.1 Å². The zero-order valence-corrected chi connectivity index (χ0v) is 24.0. The van der Waals surface area contributed by atoms with Gasteiger partial charge in [-0.1, -0.05) is 11.6 Å². The van der Waals surface area contributed by atoms with Gasteiger partial charge in [-0.2, -0.15) is 4.68 Å². The molecule has 2 aromatic carbocycles. The number of ether oxygens (including phenoxy) is 2. The van der Waals surface area contributed by atoms with Crippen molar-refractivity contribution >= 4 is 47.1 Å². The van der Waals surface area contributed by atoms with Crippen LogP contribution in [0.25, 0.3) is 23.0 Å². The number of anilines is 2. The first-order valence-corrected chi connectivity index (χ1v) is 13.7. The highest BCUT2D eigenvalue weighted by Gasteiger charge is 2.22. The van der Waals surface area contributed by atoms with E-state index < -0.39 is 24.3 Å². The number of nitrogens with zero attached hydrogens (tertiary/aromatic N) is 5. The zero-order valence-electron chi connectivity index (χ0n) is 23.2. The molecule has 1 aliphatic rings. The van der Waals surface area contributed by atoms with Crippen LogP contribution in [-0.4, -0.2) is 61.5 Å².